The number of rotatable bonds is 7. The lowest BCUT2D eigenvalue weighted by molar-refractivity contribution is -0.123. The van der Waals surface area contributed by atoms with E-state index in [1.165, 1.54) is 18.2 Å². The van der Waals surface area contributed by atoms with Crippen molar-refractivity contribution in [3.8, 4) is 0 Å². The molecule has 0 unspecified atom stereocenters. The number of hydrogen-bond donors (Lipinski definition) is 3. The van der Waals surface area contributed by atoms with Crippen LogP contribution < -0.4 is 15.4 Å². The Hall–Kier alpha value is -2.13. The zero-order chi connectivity index (χ0) is 22.5. The third-order valence-electron chi connectivity index (χ3n) is 3.97. The van der Waals surface area contributed by atoms with Gasteiger partial charge in [0.25, 0.3) is 5.91 Å². The fraction of sp³-hybridized carbons (Fsp3) is 0.300. The number of benzene rings is 2. The summed E-state index contributed by atoms with van der Waals surface area (Å²) in [6.45, 7) is 5.45. The van der Waals surface area contributed by atoms with Crippen LogP contribution in [0.15, 0.2) is 47.4 Å². The molecule has 0 atom stereocenters. The van der Waals surface area contributed by atoms with Gasteiger partial charge in [-0.15, -0.1) is 0 Å². The minimum atomic E-state index is -3.86. The maximum atomic E-state index is 12.3. The summed E-state index contributed by atoms with van der Waals surface area (Å²) in [4.78, 5) is 24.1. The minimum Gasteiger partial charge on any atom is -0.351 e. The van der Waals surface area contributed by atoms with E-state index in [1.54, 1.807) is 45.0 Å². The summed E-state index contributed by atoms with van der Waals surface area (Å²) in [6, 6.07) is 10.5. The molecule has 0 aliphatic carbocycles. The molecule has 0 aromatic heterocycles. The van der Waals surface area contributed by atoms with Crippen molar-refractivity contribution in [3.05, 3.63) is 58.1 Å². The largest absolute Gasteiger partial charge is 0.351 e. The molecule has 162 valence electrons. The van der Waals surface area contributed by atoms with Gasteiger partial charge < -0.3 is 10.6 Å². The number of carbonyl (C=O) groups excluding carboxylic acids is 2. The lowest BCUT2D eigenvalue weighted by atomic mass is 9.95. The van der Waals surface area contributed by atoms with Gasteiger partial charge in [-0.1, -0.05) is 44.0 Å². The van der Waals surface area contributed by atoms with E-state index in [0.717, 1.165) is 0 Å². The van der Waals surface area contributed by atoms with E-state index in [0.29, 0.717) is 11.3 Å². The Balaban J connectivity index is 1.87. The molecule has 3 N–H and O–H groups in total. The Morgan fingerprint density at radius 1 is 0.967 bits per heavy atom. The Morgan fingerprint density at radius 3 is 2.20 bits per heavy atom. The van der Waals surface area contributed by atoms with Crippen molar-refractivity contribution < 1.29 is 18.0 Å². The first-order valence-electron chi connectivity index (χ1n) is 9.04. The van der Waals surface area contributed by atoms with Gasteiger partial charge in [0.15, 0.2) is 0 Å². The summed E-state index contributed by atoms with van der Waals surface area (Å²) in [7, 11) is -3.86. The lowest BCUT2D eigenvalue weighted by Crippen LogP contribution is -2.34. The van der Waals surface area contributed by atoms with Crippen molar-refractivity contribution in [2.45, 2.75) is 25.7 Å². The fourth-order valence-corrected chi connectivity index (χ4v) is 4.04. The van der Waals surface area contributed by atoms with E-state index < -0.39 is 15.4 Å². The average Bonchev–Trinajstić information content (AvgIpc) is 2.66. The molecular formula is C20H23Cl2N3O4S. The molecule has 0 fully saturated rings. The minimum absolute atomic E-state index is 0.0311. The molecule has 10 heteroatoms. The molecule has 0 spiro atoms. The quantitative estimate of drug-likeness (QED) is 0.535. The van der Waals surface area contributed by atoms with Gasteiger partial charge in [-0.3, -0.25) is 9.59 Å². The highest BCUT2D eigenvalue weighted by molar-refractivity contribution is 7.89. The van der Waals surface area contributed by atoms with Gasteiger partial charge in [-0.25, -0.2) is 13.1 Å². The third kappa shape index (κ3) is 6.70. The van der Waals surface area contributed by atoms with E-state index in [9.17, 15) is 18.0 Å². The van der Waals surface area contributed by atoms with Crippen LogP contribution in [0.3, 0.4) is 0 Å². The molecule has 0 radical (unpaired) electrons. The maximum Gasteiger partial charge on any atom is 0.251 e. The first-order chi connectivity index (χ1) is 13.9. The summed E-state index contributed by atoms with van der Waals surface area (Å²) < 4.78 is 27.0. The molecule has 2 aromatic carbocycles. The van der Waals surface area contributed by atoms with Crippen molar-refractivity contribution in [1.82, 2.24) is 10.0 Å². The van der Waals surface area contributed by atoms with Crippen molar-refractivity contribution in [2.75, 3.05) is 18.4 Å². The van der Waals surface area contributed by atoms with Gasteiger partial charge in [0.2, 0.25) is 15.9 Å². The summed E-state index contributed by atoms with van der Waals surface area (Å²) in [5.74, 6) is -0.504. The summed E-state index contributed by atoms with van der Waals surface area (Å²) in [6.07, 6.45) is 0. The molecule has 0 bridgehead atoms. The van der Waals surface area contributed by atoms with Crippen LogP contribution >= 0.6 is 23.2 Å². The first kappa shape index (κ1) is 24.1. The van der Waals surface area contributed by atoms with Crippen LogP contribution in [-0.4, -0.2) is 33.3 Å². The normalized spacial score (nSPS) is 11.8. The predicted octanol–water partition coefficient (Wildman–Crippen LogP) is 3.69. The predicted molar refractivity (Wildman–Crippen MR) is 119 cm³/mol. The van der Waals surface area contributed by atoms with Crippen LogP contribution in [0.25, 0.3) is 0 Å². The van der Waals surface area contributed by atoms with Crippen LogP contribution in [-0.2, 0) is 14.8 Å². The van der Waals surface area contributed by atoms with Crippen LogP contribution in [0.5, 0.6) is 0 Å². The number of nitrogens with one attached hydrogen (secondary N) is 3. The molecule has 2 rings (SSSR count). The molecule has 30 heavy (non-hydrogen) atoms. The second-order valence-corrected chi connectivity index (χ2v) is 10.1. The van der Waals surface area contributed by atoms with E-state index in [4.69, 9.17) is 23.2 Å². The number of sulfonamides is 1. The molecule has 0 heterocycles. The molecule has 0 aliphatic rings. The molecule has 2 amide bonds. The fourth-order valence-electron chi connectivity index (χ4n) is 2.25. The topological polar surface area (TPSA) is 104 Å². The summed E-state index contributed by atoms with van der Waals surface area (Å²) in [5, 5.41) is 5.69. The van der Waals surface area contributed by atoms with Gasteiger partial charge in [-0.2, -0.15) is 0 Å². The zero-order valence-electron chi connectivity index (χ0n) is 16.8. The summed E-state index contributed by atoms with van der Waals surface area (Å²) >= 11 is 11.7. The number of halogens is 2. The van der Waals surface area contributed by atoms with Crippen LogP contribution in [0, 0.1) is 5.41 Å². The average molecular weight is 472 g/mol. The van der Waals surface area contributed by atoms with E-state index in [1.807, 2.05) is 0 Å². The number of hydrogen-bond acceptors (Lipinski definition) is 4. The Kier molecular flexibility index (Phi) is 7.87. The second-order valence-electron chi connectivity index (χ2n) is 7.51. The van der Waals surface area contributed by atoms with E-state index in [-0.39, 0.29) is 39.8 Å². The van der Waals surface area contributed by atoms with Crippen molar-refractivity contribution in [2.24, 2.45) is 5.41 Å². The molecule has 0 aliphatic heterocycles. The van der Waals surface area contributed by atoms with Gasteiger partial charge in [0.1, 0.15) is 4.90 Å². The highest BCUT2D eigenvalue weighted by Crippen LogP contribution is 2.24. The Bertz CT molecular complexity index is 1030. The maximum absolute atomic E-state index is 12.3. The third-order valence-corrected chi connectivity index (χ3v) is 6.15. The van der Waals surface area contributed by atoms with Crippen LogP contribution in [0.1, 0.15) is 31.1 Å². The first-order valence-corrected chi connectivity index (χ1v) is 11.3. The SMILES string of the molecule is CC(C)(C)C(=O)Nc1ccc(C(=O)NCCNS(=O)(=O)c2cc(Cl)ccc2Cl)cc1. The lowest BCUT2D eigenvalue weighted by Gasteiger charge is -2.17. The van der Waals surface area contributed by atoms with Crippen molar-refractivity contribution >= 4 is 50.7 Å². The van der Waals surface area contributed by atoms with E-state index >= 15 is 0 Å². The van der Waals surface area contributed by atoms with Gasteiger partial charge in [0.05, 0.1) is 5.02 Å². The van der Waals surface area contributed by atoms with Crippen molar-refractivity contribution in [1.29, 1.82) is 0 Å². The van der Waals surface area contributed by atoms with Crippen LogP contribution in [0.2, 0.25) is 10.0 Å². The van der Waals surface area contributed by atoms with E-state index in [2.05, 4.69) is 15.4 Å². The molecule has 0 saturated carbocycles. The molecule has 2 aromatic rings. The smallest absolute Gasteiger partial charge is 0.251 e. The van der Waals surface area contributed by atoms with Gasteiger partial charge in [-0.05, 0) is 42.5 Å². The molecule has 0 saturated heterocycles. The molecule has 7 nitrogen and oxygen atoms in total. The highest BCUT2D eigenvalue weighted by atomic mass is 35.5. The van der Waals surface area contributed by atoms with Gasteiger partial charge in [0, 0.05) is 34.8 Å². The van der Waals surface area contributed by atoms with Crippen molar-refractivity contribution in [3.63, 3.8) is 0 Å². The standard InChI is InChI=1S/C20H23Cl2N3O4S/c1-20(2,3)19(27)25-15-7-4-13(5-8-15)18(26)23-10-11-24-30(28,29)17-12-14(21)6-9-16(17)22/h4-9,12,24H,10-11H2,1-3H3,(H,23,26)(H,25,27). The van der Waals surface area contributed by atoms with Gasteiger partial charge >= 0.3 is 0 Å². The molecular weight excluding hydrogens is 449 g/mol. The summed E-state index contributed by atoms with van der Waals surface area (Å²) in [5.41, 5.74) is 0.431. The number of carbonyl (C=O) groups is 2. The Labute approximate surface area is 186 Å². The Morgan fingerprint density at radius 2 is 1.60 bits per heavy atom. The van der Waals surface area contributed by atoms with Crippen LogP contribution in [0.4, 0.5) is 5.69 Å². The number of anilines is 1. The highest BCUT2D eigenvalue weighted by Gasteiger charge is 2.21. The second kappa shape index (κ2) is 9.78. The zero-order valence-corrected chi connectivity index (χ0v) is 19.1. The number of amides is 2. The monoisotopic (exact) mass is 471 g/mol.